The predicted molar refractivity (Wildman–Crippen MR) is 71.9 cm³/mol. The van der Waals surface area contributed by atoms with Crippen LogP contribution < -0.4 is 10.1 Å². The van der Waals surface area contributed by atoms with Gasteiger partial charge in [-0.1, -0.05) is 11.6 Å². The van der Waals surface area contributed by atoms with Crippen LogP contribution >= 0.6 is 22.9 Å². The lowest BCUT2D eigenvalue weighted by atomic mass is 10.2. The molecule has 0 atom stereocenters. The van der Waals surface area contributed by atoms with Crippen LogP contribution in [0, 0.1) is 0 Å². The number of aromatic nitrogens is 1. The van der Waals surface area contributed by atoms with Crippen molar-refractivity contribution in [3.63, 3.8) is 0 Å². The molecule has 0 radical (unpaired) electrons. The third-order valence-electron chi connectivity index (χ3n) is 2.32. The normalized spacial score (nSPS) is 10.5. The molecule has 0 aliphatic rings. The SMILES string of the molecule is CNCc1sc(-c2ccc(OC)cc2)nc1Cl. The number of nitrogens with one attached hydrogen (secondary N) is 1. The van der Waals surface area contributed by atoms with Gasteiger partial charge in [0.25, 0.3) is 0 Å². The van der Waals surface area contributed by atoms with Crippen molar-refractivity contribution < 1.29 is 4.74 Å². The lowest BCUT2D eigenvalue weighted by molar-refractivity contribution is 0.415. The lowest BCUT2D eigenvalue weighted by Crippen LogP contribution is -2.03. The van der Waals surface area contributed by atoms with E-state index in [1.165, 1.54) is 0 Å². The summed E-state index contributed by atoms with van der Waals surface area (Å²) in [6, 6.07) is 7.80. The molecular weight excluding hydrogens is 256 g/mol. The minimum atomic E-state index is 0.579. The number of benzene rings is 1. The molecule has 0 amide bonds. The molecule has 0 saturated heterocycles. The van der Waals surface area contributed by atoms with Gasteiger partial charge in [-0.05, 0) is 31.3 Å². The molecule has 2 aromatic rings. The average Bonchev–Trinajstić information content (AvgIpc) is 2.72. The van der Waals surface area contributed by atoms with E-state index in [9.17, 15) is 0 Å². The van der Waals surface area contributed by atoms with Gasteiger partial charge < -0.3 is 10.1 Å². The number of hydrogen-bond acceptors (Lipinski definition) is 4. The van der Waals surface area contributed by atoms with Gasteiger partial charge >= 0.3 is 0 Å². The van der Waals surface area contributed by atoms with Crippen molar-refractivity contribution in [3.8, 4) is 16.3 Å². The maximum Gasteiger partial charge on any atom is 0.145 e. The second kappa shape index (κ2) is 5.49. The fourth-order valence-electron chi connectivity index (χ4n) is 1.46. The molecule has 1 N–H and O–H groups in total. The van der Waals surface area contributed by atoms with Crippen molar-refractivity contribution in [2.75, 3.05) is 14.2 Å². The van der Waals surface area contributed by atoms with Crippen molar-refractivity contribution in [2.45, 2.75) is 6.54 Å². The summed E-state index contributed by atoms with van der Waals surface area (Å²) >= 11 is 7.67. The second-order valence-electron chi connectivity index (χ2n) is 3.49. The smallest absolute Gasteiger partial charge is 0.145 e. The number of halogens is 1. The zero-order chi connectivity index (χ0) is 12.3. The van der Waals surface area contributed by atoms with Crippen LogP contribution in [0.25, 0.3) is 10.6 Å². The van der Waals surface area contributed by atoms with Crippen molar-refractivity contribution in [2.24, 2.45) is 0 Å². The summed E-state index contributed by atoms with van der Waals surface area (Å²) in [5.41, 5.74) is 1.06. The van der Waals surface area contributed by atoms with Crippen LogP contribution in [0.4, 0.5) is 0 Å². The highest BCUT2D eigenvalue weighted by atomic mass is 35.5. The maximum atomic E-state index is 6.07. The number of hydrogen-bond donors (Lipinski definition) is 1. The molecule has 0 unspecified atom stereocenters. The summed E-state index contributed by atoms with van der Waals surface area (Å²) in [5, 5.41) is 4.59. The number of methoxy groups -OCH3 is 1. The van der Waals surface area contributed by atoms with E-state index >= 15 is 0 Å². The van der Waals surface area contributed by atoms with Gasteiger partial charge in [0.05, 0.1) is 12.0 Å². The zero-order valence-electron chi connectivity index (χ0n) is 9.66. The second-order valence-corrected chi connectivity index (χ2v) is 4.93. The van der Waals surface area contributed by atoms with E-state index < -0.39 is 0 Å². The molecule has 1 heterocycles. The molecule has 1 aromatic carbocycles. The molecule has 2 rings (SSSR count). The first-order chi connectivity index (χ1) is 8.24. The van der Waals surface area contributed by atoms with Crippen LogP contribution in [0.2, 0.25) is 5.15 Å². The molecule has 0 aliphatic heterocycles. The molecule has 90 valence electrons. The molecule has 0 bridgehead atoms. The van der Waals surface area contributed by atoms with Crippen LogP contribution in [0.15, 0.2) is 24.3 Å². The quantitative estimate of drug-likeness (QED) is 0.925. The minimum Gasteiger partial charge on any atom is -0.497 e. The van der Waals surface area contributed by atoms with E-state index in [1.807, 2.05) is 31.3 Å². The Balaban J connectivity index is 2.29. The first kappa shape index (κ1) is 12.4. The third-order valence-corrected chi connectivity index (χ3v) is 3.85. The largest absolute Gasteiger partial charge is 0.497 e. The molecule has 3 nitrogen and oxygen atoms in total. The summed E-state index contributed by atoms with van der Waals surface area (Å²) in [6.45, 7) is 0.743. The van der Waals surface area contributed by atoms with E-state index in [4.69, 9.17) is 16.3 Å². The Morgan fingerprint density at radius 3 is 2.65 bits per heavy atom. The molecule has 0 saturated carbocycles. The summed E-state index contributed by atoms with van der Waals surface area (Å²) in [4.78, 5) is 5.41. The highest BCUT2D eigenvalue weighted by Crippen LogP contribution is 2.31. The number of thiazole rings is 1. The van der Waals surface area contributed by atoms with Crippen LogP contribution in [0.3, 0.4) is 0 Å². The predicted octanol–water partition coefficient (Wildman–Crippen LogP) is 3.19. The van der Waals surface area contributed by atoms with Crippen molar-refractivity contribution in [1.82, 2.24) is 10.3 Å². The highest BCUT2D eigenvalue weighted by Gasteiger charge is 2.10. The maximum absolute atomic E-state index is 6.07. The molecule has 0 spiro atoms. The highest BCUT2D eigenvalue weighted by molar-refractivity contribution is 7.15. The Bertz CT molecular complexity index is 496. The van der Waals surface area contributed by atoms with Crippen LogP contribution in [0.1, 0.15) is 4.88 Å². The van der Waals surface area contributed by atoms with Crippen LogP contribution in [-0.4, -0.2) is 19.1 Å². The fourth-order valence-corrected chi connectivity index (χ4v) is 2.75. The lowest BCUT2D eigenvalue weighted by Gasteiger charge is -1.99. The Kier molecular flexibility index (Phi) is 3.99. The Hall–Kier alpha value is -1.10. The van der Waals surface area contributed by atoms with Gasteiger partial charge in [0.15, 0.2) is 0 Å². The van der Waals surface area contributed by atoms with Crippen molar-refractivity contribution in [1.29, 1.82) is 0 Å². The molecule has 0 fully saturated rings. The zero-order valence-corrected chi connectivity index (χ0v) is 11.2. The van der Waals surface area contributed by atoms with Gasteiger partial charge in [-0.3, -0.25) is 0 Å². The van der Waals surface area contributed by atoms with E-state index in [0.717, 1.165) is 27.7 Å². The van der Waals surface area contributed by atoms with E-state index in [0.29, 0.717) is 5.15 Å². The van der Waals surface area contributed by atoms with Gasteiger partial charge in [0.1, 0.15) is 15.9 Å². The Morgan fingerprint density at radius 1 is 1.35 bits per heavy atom. The minimum absolute atomic E-state index is 0.579. The molecule has 5 heteroatoms. The van der Waals surface area contributed by atoms with Gasteiger partial charge in [-0.2, -0.15) is 0 Å². The van der Waals surface area contributed by atoms with E-state index in [1.54, 1.807) is 18.4 Å². The first-order valence-corrected chi connectivity index (χ1v) is 6.38. The number of nitrogens with zero attached hydrogens (tertiary/aromatic N) is 1. The van der Waals surface area contributed by atoms with E-state index in [2.05, 4.69) is 10.3 Å². The van der Waals surface area contributed by atoms with Crippen molar-refractivity contribution in [3.05, 3.63) is 34.3 Å². The topological polar surface area (TPSA) is 34.1 Å². The number of ether oxygens (including phenoxy) is 1. The van der Waals surface area contributed by atoms with Gasteiger partial charge in [0.2, 0.25) is 0 Å². The molecule has 17 heavy (non-hydrogen) atoms. The summed E-state index contributed by atoms with van der Waals surface area (Å²) < 4.78 is 5.12. The third kappa shape index (κ3) is 2.77. The Morgan fingerprint density at radius 2 is 2.06 bits per heavy atom. The van der Waals surface area contributed by atoms with Gasteiger partial charge in [-0.15, -0.1) is 11.3 Å². The molecule has 1 aromatic heterocycles. The standard InChI is InChI=1S/C12H13ClN2OS/c1-14-7-10-11(13)15-12(17-10)8-3-5-9(16-2)6-4-8/h3-6,14H,7H2,1-2H3. The average molecular weight is 269 g/mol. The van der Waals surface area contributed by atoms with Crippen molar-refractivity contribution >= 4 is 22.9 Å². The number of rotatable bonds is 4. The fraction of sp³-hybridized carbons (Fsp3) is 0.250. The monoisotopic (exact) mass is 268 g/mol. The summed E-state index contributed by atoms with van der Waals surface area (Å²) in [5.74, 6) is 0.840. The summed E-state index contributed by atoms with van der Waals surface area (Å²) in [6.07, 6.45) is 0. The van der Waals surface area contributed by atoms with E-state index in [-0.39, 0.29) is 0 Å². The Labute approximate surface area is 109 Å². The van der Waals surface area contributed by atoms with Gasteiger partial charge in [-0.25, -0.2) is 4.98 Å². The van der Waals surface area contributed by atoms with Crippen LogP contribution in [-0.2, 0) is 6.54 Å². The van der Waals surface area contributed by atoms with Gasteiger partial charge in [0, 0.05) is 12.1 Å². The first-order valence-electron chi connectivity index (χ1n) is 5.19. The summed E-state index contributed by atoms with van der Waals surface area (Å²) in [7, 11) is 3.55. The molecule has 0 aliphatic carbocycles. The van der Waals surface area contributed by atoms with Crippen LogP contribution in [0.5, 0.6) is 5.75 Å². The molecular formula is C12H13ClN2OS.